The molecule has 5 heteroatoms. The van der Waals surface area contributed by atoms with Gasteiger partial charge in [-0.15, -0.1) is 0 Å². The van der Waals surface area contributed by atoms with Gasteiger partial charge in [0.2, 0.25) is 11.8 Å². The molecule has 0 spiro atoms. The van der Waals surface area contributed by atoms with Crippen LogP contribution in [-0.2, 0) is 16.1 Å². The lowest BCUT2D eigenvalue weighted by Gasteiger charge is -2.39. The van der Waals surface area contributed by atoms with Crippen LogP contribution in [0.3, 0.4) is 0 Å². The minimum atomic E-state index is -0.326. The summed E-state index contributed by atoms with van der Waals surface area (Å²) in [4.78, 5) is 27.0. The minimum absolute atomic E-state index is 0.0235. The molecule has 1 aromatic heterocycles. The van der Waals surface area contributed by atoms with Crippen LogP contribution in [-0.4, -0.2) is 28.8 Å². The molecule has 2 aliphatic rings. The van der Waals surface area contributed by atoms with E-state index in [-0.39, 0.29) is 23.9 Å². The Morgan fingerprint density at radius 1 is 1.38 bits per heavy atom. The Bertz CT molecular complexity index is 522. The summed E-state index contributed by atoms with van der Waals surface area (Å²) in [5.41, 5.74) is 1.12. The summed E-state index contributed by atoms with van der Waals surface area (Å²) in [6, 6.07) is 1.41. The van der Waals surface area contributed by atoms with Crippen LogP contribution in [0.15, 0.2) is 16.8 Å². The van der Waals surface area contributed by atoms with Crippen molar-refractivity contribution in [3.63, 3.8) is 0 Å². The van der Waals surface area contributed by atoms with Crippen molar-refractivity contribution in [3.05, 3.63) is 22.4 Å². The van der Waals surface area contributed by atoms with Gasteiger partial charge in [0.1, 0.15) is 12.1 Å². The van der Waals surface area contributed by atoms with E-state index in [0.29, 0.717) is 18.4 Å². The van der Waals surface area contributed by atoms with Gasteiger partial charge in [-0.3, -0.25) is 9.59 Å². The number of nitrogens with zero attached hydrogens (tertiary/aromatic N) is 1. The molecule has 21 heavy (non-hydrogen) atoms. The number of carbonyl (C=O) groups excluding carboxylic acids is 2. The number of rotatable bonds is 5. The van der Waals surface area contributed by atoms with Crippen LogP contribution in [0.2, 0.25) is 0 Å². The van der Waals surface area contributed by atoms with Crippen molar-refractivity contribution < 1.29 is 9.59 Å². The fourth-order valence-corrected chi connectivity index (χ4v) is 3.64. The summed E-state index contributed by atoms with van der Waals surface area (Å²) in [6.45, 7) is 4.73. The lowest BCUT2D eigenvalue weighted by Crippen LogP contribution is -2.63. The third-order valence-corrected chi connectivity index (χ3v) is 4.98. The molecule has 2 heterocycles. The van der Waals surface area contributed by atoms with Crippen LogP contribution < -0.4 is 5.32 Å². The highest BCUT2D eigenvalue weighted by Crippen LogP contribution is 2.36. The van der Waals surface area contributed by atoms with Gasteiger partial charge < -0.3 is 10.2 Å². The van der Waals surface area contributed by atoms with Gasteiger partial charge in [-0.1, -0.05) is 13.8 Å². The van der Waals surface area contributed by atoms with E-state index in [1.165, 1.54) is 0 Å². The highest BCUT2D eigenvalue weighted by Gasteiger charge is 2.46. The Balaban J connectivity index is 1.82. The van der Waals surface area contributed by atoms with E-state index in [4.69, 9.17) is 0 Å². The summed E-state index contributed by atoms with van der Waals surface area (Å²) < 4.78 is 0. The van der Waals surface area contributed by atoms with Gasteiger partial charge in [-0.05, 0) is 53.5 Å². The monoisotopic (exact) mass is 306 g/mol. The van der Waals surface area contributed by atoms with Crippen molar-refractivity contribution >= 4 is 23.2 Å². The van der Waals surface area contributed by atoms with E-state index in [1.807, 2.05) is 16.3 Å². The Morgan fingerprint density at radius 2 is 2.14 bits per heavy atom. The Kier molecular flexibility index (Phi) is 4.02. The van der Waals surface area contributed by atoms with Crippen molar-refractivity contribution in [1.29, 1.82) is 0 Å². The Labute approximate surface area is 129 Å². The fourth-order valence-electron chi connectivity index (χ4n) is 2.98. The highest BCUT2D eigenvalue weighted by atomic mass is 32.1. The second kappa shape index (κ2) is 5.79. The predicted molar refractivity (Wildman–Crippen MR) is 82.8 cm³/mol. The molecule has 0 radical (unpaired) electrons. The average molecular weight is 306 g/mol. The first-order chi connectivity index (χ1) is 10.1. The molecule has 114 valence electrons. The lowest BCUT2D eigenvalue weighted by molar-refractivity contribution is -0.151. The van der Waals surface area contributed by atoms with E-state index >= 15 is 0 Å². The molecule has 1 aliphatic heterocycles. The Morgan fingerprint density at radius 3 is 2.71 bits per heavy atom. The molecule has 3 rings (SSSR count). The van der Waals surface area contributed by atoms with Crippen LogP contribution >= 0.6 is 11.3 Å². The van der Waals surface area contributed by atoms with Gasteiger partial charge in [0, 0.05) is 6.54 Å². The second-order valence-electron chi connectivity index (χ2n) is 6.57. The number of amides is 2. The summed E-state index contributed by atoms with van der Waals surface area (Å²) in [5.74, 6) is 0.867. The standard InChI is InChI=1S/C16H22N2O2S/c1-10(2)7-13-15(19)17-14(12-3-4-12)16(20)18(13)8-11-5-6-21-9-11/h5-6,9-10,12-14H,3-4,7-8H2,1-2H3,(H,17,19). The molecular formula is C16H22N2O2S. The summed E-state index contributed by atoms with van der Waals surface area (Å²) >= 11 is 1.63. The molecule has 1 aromatic rings. The van der Waals surface area contributed by atoms with Gasteiger partial charge in [0.15, 0.2) is 0 Å². The van der Waals surface area contributed by atoms with E-state index in [0.717, 1.165) is 24.8 Å². The first-order valence-electron chi connectivity index (χ1n) is 7.68. The normalized spacial score (nSPS) is 26.3. The third-order valence-electron chi connectivity index (χ3n) is 4.25. The van der Waals surface area contributed by atoms with Crippen molar-refractivity contribution in [2.75, 3.05) is 0 Å². The number of hydrogen-bond acceptors (Lipinski definition) is 3. The largest absolute Gasteiger partial charge is 0.342 e. The first kappa shape index (κ1) is 14.6. The third kappa shape index (κ3) is 3.12. The van der Waals surface area contributed by atoms with E-state index < -0.39 is 0 Å². The molecule has 1 saturated heterocycles. The van der Waals surface area contributed by atoms with Crippen molar-refractivity contribution in [2.45, 2.75) is 51.7 Å². The van der Waals surface area contributed by atoms with Gasteiger partial charge in [-0.2, -0.15) is 11.3 Å². The van der Waals surface area contributed by atoms with Gasteiger partial charge >= 0.3 is 0 Å². The molecule has 4 nitrogen and oxygen atoms in total. The second-order valence-corrected chi connectivity index (χ2v) is 7.35. The molecule has 2 amide bonds. The zero-order valence-corrected chi connectivity index (χ0v) is 13.4. The SMILES string of the molecule is CC(C)CC1C(=O)NC(C2CC2)C(=O)N1Cc1ccsc1. The van der Waals surface area contributed by atoms with E-state index in [1.54, 1.807) is 11.3 Å². The predicted octanol–water partition coefficient (Wildman–Crippen LogP) is 2.40. The van der Waals surface area contributed by atoms with Gasteiger partial charge in [0.05, 0.1) is 0 Å². The fraction of sp³-hybridized carbons (Fsp3) is 0.625. The molecule has 1 saturated carbocycles. The van der Waals surface area contributed by atoms with Crippen molar-refractivity contribution in [3.8, 4) is 0 Å². The molecule has 2 unspecified atom stereocenters. The summed E-state index contributed by atoms with van der Waals surface area (Å²) in [6.07, 6.45) is 2.83. The number of hydrogen-bond donors (Lipinski definition) is 1. The maximum atomic E-state index is 12.8. The summed E-state index contributed by atoms with van der Waals surface area (Å²) in [5, 5.41) is 7.03. The van der Waals surface area contributed by atoms with Crippen LogP contribution in [0.25, 0.3) is 0 Å². The molecular weight excluding hydrogens is 284 g/mol. The van der Waals surface area contributed by atoms with Crippen molar-refractivity contribution in [2.24, 2.45) is 11.8 Å². The van der Waals surface area contributed by atoms with Crippen LogP contribution in [0.1, 0.15) is 38.7 Å². The maximum absolute atomic E-state index is 12.8. The quantitative estimate of drug-likeness (QED) is 0.908. The zero-order chi connectivity index (χ0) is 15.0. The lowest BCUT2D eigenvalue weighted by atomic mass is 9.96. The average Bonchev–Trinajstić information content (AvgIpc) is 3.14. The molecule has 0 bridgehead atoms. The van der Waals surface area contributed by atoms with Gasteiger partial charge in [0.25, 0.3) is 0 Å². The van der Waals surface area contributed by atoms with Gasteiger partial charge in [-0.25, -0.2) is 0 Å². The first-order valence-corrected chi connectivity index (χ1v) is 8.62. The highest BCUT2D eigenvalue weighted by molar-refractivity contribution is 7.07. The minimum Gasteiger partial charge on any atom is -0.342 e. The number of piperazine rings is 1. The molecule has 2 atom stereocenters. The number of thiophene rings is 1. The molecule has 1 N–H and O–H groups in total. The smallest absolute Gasteiger partial charge is 0.246 e. The summed E-state index contributed by atoms with van der Waals surface area (Å²) in [7, 11) is 0. The zero-order valence-electron chi connectivity index (χ0n) is 12.5. The van der Waals surface area contributed by atoms with Crippen molar-refractivity contribution in [1.82, 2.24) is 10.2 Å². The molecule has 1 aliphatic carbocycles. The van der Waals surface area contributed by atoms with Crippen LogP contribution in [0, 0.1) is 11.8 Å². The topological polar surface area (TPSA) is 49.4 Å². The van der Waals surface area contributed by atoms with Crippen LogP contribution in [0.5, 0.6) is 0 Å². The molecule has 0 aromatic carbocycles. The van der Waals surface area contributed by atoms with E-state index in [2.05, 4.69) is 24.5 Å². The number of carbonyl (C=O) groups is 2. The number of nitrogens with one attached hydrogen (secondary N) is 1. The van der Waals surface area contributed by atoms with Crippen LogP contribution in [0.4, 0.5) is 0 Å². The Hall–Kier alpha value is -1.36. The van der Waals surface area contributed by atoms with E-state index in [9.17, 15) is 9.59 Å². The maximum Gasteiger partial charge on any atom is 0.246 e. The molecule has 2 fully saturated rings.